The highest BCUT2D eigenvalue weighted by atomic mass is 31.2. The van der Waals surface area contributed by atoms with E-state index < -0.39 is 62.0 Å². The third-order valence-corrected chi connectivity index (χ3v) is 8.06. The van der Waals surface area contributed by atoms with Crippen LogP contribution in [0, 0.1) is 0 Å². The smallest absolute Gasteiger partial charge is 0.459 e. The van der Waals surface area contributed by atoms with Gasteiger partial charge in [-0.3, -0.25) is 23.7 Å². The van der Waals surface area contributed by atoms with E-state index in [4.69, 9.17) is 18.5 Å². The van der Waals surface area contributed by atoms with E-state index in [0.29, 0.717) is 0 Å². The average molecular weight is 630 g/mol. The number of aromatic amines is 1. The topological polar surface area (TPSA) is 184 Å². The van der Waals surface area contributed by atoms with Gasteiger partial charge in [0.25, 0.3) is 5.56 Å². The number of benzene rings is 2. The normalized spacial score (nSPS) is 20.1. The van der Waals surface area contributed by atoms with Crippen LogP contribution in [0.15, 0.2) is 82.5 Å². The van der Waals surface area contributed by atoms with Crippen LogP contribution in [0.2, 0.25) is 0 Å². The highest BCUT2D eigenvalue weighted by molar-refractivity contribution is 7.52. The molecule has 14 nitrogen and oxygen atoms in total. The number of hydrogen-bond donors (Lipinski definition) is 3. The van der Waals surface area contributed by atoms with Crippen molar-refractivity contribution in [3.63, 3.8) is 0 Å². The van der Waals surface area contributed by atoms with Crippen molar-refractivity contribution >= 4 is 25.8 Å². The number of nitrogens with zero attached hydrogens (tertiary/aromatic N) is 1. The fraction of sp³-hybridized carbons (Fsp3) is 0.310. The molecule has 1 unspecified atom stereocenters. The molecule has 0 aliphatic carbocycles. The summed E-state index contributed by atoms with van der Waals surface area (Å²) in [6.45, 7) is 0.974. The Labute approximate surface area is 251 Å². The molecule has 0 saturated carbocycles. The second kappa shape index (κ2) is 14.9. The number of esters is 2. The third kappa shape index (κ3) is 8.85. The van der Waals surface area contributed by atoms with E-state index in [9.17, 15) is 28.8 Å². The summed E-state index contributed by atoms with van der Waals surface area (Å²) in [7, 11) is -3.10. The van der Waals surface area contributed by atoms with E-state index in [0.717, 1.165) is 16.2 Å². The largest absolute Gasteiger partial charge is 0.466 e. The maximum atomic E-state index is 13.8. The molecule has 0 radical (unpaired) electrons. The Kier molecular flexibility index (Phi) is 11.0. The van der Waals surface area contributed by atoms with E-state index in [2.05, 4.69) is 14.8 Å². The molecule has 1 fully saturated rings. The first-order chi connectivity index (χ1) is 21.1. The van der Waals surface area contributed by atoms with Crippen LogP contribution in [-0.4, -0.2) is 58.6 Å². The number of ether oxygens (including phenoxy) is 3. The molecule has 4 rings (SSSR count). The molecule has 0 amide bonds. The third-order valence-electron chi connectivity index (χ3n) is 6.42. The number of aliphatic hydroxyl groups is 1. The molecule has 2 aromatic carbocycles. The number of hydrogen-bond acceptors (Lipinski definition) is 11. The lowest BCUT2D eigenvalue weighted by molar-refractivity contribution is -0.146. The van der Waals surface area contributed by atoms with Crippen LogP contribution in [0.5, 0.6) is 5.75 Å². The van der Waals surface area contributed by atoms with Crippen molar-refractivity contribution in [3.05, 3.63) is 105 Å². The highest BCUT2D eigenvalue weighted by Crippen LogP contribution is 2.46. The standard InChI is InChI=1S/C29H32N3O11P/c1-19(28(36)40-17-20-9-5-3-6-10-20)31-44(38,43-22-11-7-4-8-12-22)41-18-24-23(33)15-25(42-24)32-16-21(13-14-26(34)39-2)27(35)30-29(32)37/h3-14,16,19,23-25,33H,15,17-18H2,1-2H3,(H,31,38)(H,30,35,37)/b14-13+/t19-,23-,24+,25+,44?/m0/s1. The van der Waals surface area contributed by atoms with Gasteiger partial charge in [0.2, 0.25) is 0 Å². The van der Waals surface area contributed by atoms with E-state index >= 15 is 0 Å². The number of carbonyl (C=O) groups is 2. The first-order valence-electron chi connectivity index (χ1n) is 13.5. The van der Waals surface area contributed by atoms with Gasteiger partial charge in [0.05, 0.1) is 25.4 Å². The summed E-state index contributed by atoms with van der Waals surface area (Å²) in [5, 5.41) is 13.3. The molecule has 3 aromatic rings. The van der Waals surface area contributed by atoms with Gasteiger partial charge in [-0.1, -0.05) is 48.5 Å². The van der Waals surface area contributed by atoms with Crippen molar-refractivity contribution in [2.75, 3.05) is 13.7 Å². The van der Waals surface area contributed by atoms with E-state index in [1.807, 2.05) is 6.07 Å². The second-order valence-electron chi connectivity index (χ2n) is 9.68. The van der Waals surface area contributed by atoms with Crippen molar-refractivity contribution in [3.8, 4) is 5.75 Å². The summed E-state index contributed by atoms with van der Waals surface area (Å²) in [5.41, 5.74) is -0.827. The van der Waals surface area contributed by atoms with Gasteiger partial charge in [-0.2, -0.15) is 5.09 Å². The molecular formula is C29H32N3O11P. The Morgan fingerprint density at radius 2 is 1.84 bits per heavy atom. The van der Waals surface area contributed by atoms with Gasteiger partial charge in [-0.15, -0.1) is 0 Å². The molecule has 234 valence electrons. The zero-order valence-electron chi connectivity index (χ0n) is 23.9. The van der Waals surface area contributed by atoms with Crippen LogP contribution >= 0.6 is 7.75 Å². The molecular weight excluding hydrogens is 597 g/mol. The minimum absolute atomic E-state index is 0.00417. The van der Waals surface area contributed by atoms with Crippen molar-refractivity contribution in [1.82, 2.24) is 14.6 Å². The Morgan fingerprint density at radius 1 is 1.16 bits per heavy atom. The monoisotopic (exact) mass is 629 g/mol. The molecule has 1 aliphatic rings. The number of aliphatic hydroxyl groups excluding tert-OH is 1. The summed E-state index contributed by atoms with van der Waals surface area (Å²) in [6, 6.07) is 16.0. The summed E-state index contributed by atoms with van der Waals surface area (Å²) in [6.07, 6.45) is -0.0249. The molecule has 0 bridgehead atoms. The van der Waals surface area contributed by atoms with Crippen LogP contribution < -0.4 is 20.9 Å². The molecule has 2 heterocycles. The van der Waals surface area contributed by atoms with E-state index in [1.165, 1.54) is 26.3 Å². The first-order valence-corrected chi connectivity index (χ1v) is 15.0. The minimum atomic E-state index is -4.27. The average Bonchev–Trinajstić information content (AvgIpc) is 3.39. The Balaban J connectivity index is 1.45. The maximum absolute atomic E-state index is 13.8. The predicted molar refractivity (Wildman–Crippen MR) is 156 cm³/mol. The SMILES string of the molecule is COC(=O)/C=C/c1cn([C@H]2C[C@H](O)[C@@H](COP(=O)(N[C@@H](C)C(=O)OCc3ccccc3)Oc3ccccc3)O2)c(=O)[nH]c1=O. The van der Waals surface area contributed by atoms with Gasteiger partial charge in [0.15, 0.2) is 0 Å². The number of methoxy groups -OCH3 is 1. The highest BCUT2D eigenvalue weighted by Gasteiger charge is 2.39. The number of carbonyl (C=O) groups excluding carboxylic acids is 2. The molecule has 5 atom stereocenters. The molecule has 0 spiro atoms. The maximum Gasteiger partial charge on any atom is 0.459 e. The predicted octanol–water partition coefficient (Wildman–Crippen LogP) is 2.30. The zero-order chi connectivity index (χ0) is 31.7. The van der Waals surface area contributed by atoms with Gasteiger partial charge >= 0.3 is 25.4 Å². The fourth-order valence-corrected chi connectivity index (χ4v) is 5.62. The van der Waals surface area contributed by atoms with Crippen LogP contribution in [0.4, 0.5) is 0 Å². The molecule has 44 heavy (non-hydrogen) atoms. The van der Waals surface area contributed by atoms with Crippen LogP contribution in [0.1, 0.15) is 30.7 Å². The Morgan fingerprint density at radius 3 is 2.52 bits per heavy atom. The van der Waals surface area contributed by atoms with Crippen molar-refractivity contribution in [2.45, 2.75) is 44.4 Å². The van der Waals surface area contributed by atoms with Crippen LogP contribution in [0.25, 0.3) is 6.08 Å². The summed E-state index contributed by atoms with van der Waals surface area (Å²) >= 11 is 0. The lowest BCUT2D eigenvalue weighted by Crippen LogP contribution is -2.36. The molecule has 1 aliphatic heterocycles. The van der Waals surface area contributed by atoms with Gasteiger partial charge < -0.3 is 23.8 Å². The van der Waals surface area contributed by atoms with Crippen LogP contribution in [-0.2, 0) is 39.5 Å². The minimum Gasteiger partial charge on any atom is -0.466 e. The van der Waals surface area contributed by atoms with Crippen LogP contribution in [0.3, 0.4) is 0 Å². The Bertz CT molecular complexity index is 1620. The molecule has 1 saturated heterocycles. The Hall–Kier alpha value is -4.33. The van der Waals surface area contributed by atoms with E-state index in [-0.39, 0.29) is 24.3 Å². The second-order valence-corrected chi connectivity index (χ2v) is 11.4. The molecule has 3 N–H and O–H groups in total. The summed E-state index contributed by atoms with van der Waals surface area (Å²) < 4.78 is 41.8. The number of para-hydroxylation sites is 1. The lowest BCUT2D eigenvalue weighted by atomic mass is 10.2. The lowest BCUT2D eigenvalue weighted by Gasteiger charge is -2.24. The van der Waals surface area contributed by atoms with Gasteiger partial charge in [-0.05, 0) is 30.7 Å². The summed E-state index contributed by atoms with van der Waals surface area (Å²) in [5.74, 6) is -1.23. The number of rotatable bonds is 13. The molecule has 15 heteroatoms. The van der Waals surface area contributed by atoms with Crippen molar-refractivity contribution < 1.29 is 42.5 Å². The van der Waals surface area contributed by atoms with Gasteiger partial charge in [0, 0.05) is 18.7 Å². The zero-order valence-corrected chi connectivity index (χ0v) is 24.8. The van der Waals surface area contributed by atoms with Crippen molar-refractivity contribution in [1.29, 1.82) is 0 Å². The van der Waals surface area contributed by atoms with Crippen molar-refractivity contribution in [2.24, 2.45) is 0 Å². The quantitative estimate of drug-likeness (QED) is 0.143. The fourth-order valence-electron chi connectivity index (χ4n) is 4.12. The first kappa shape index (κ1) is 32.6. The van der Waals surface area contributed by atoms with E-state index in [1.54, 1.807) is 54.6 Å². The van der Waals surface area contributed by atoms with Gasteiger partial charge in [0.1, 0.15) is 30.7 Å². The molecule has 1 aromatic heterocycles. The number of H-pyrrole nitrogens is 1. The number of aromatic nitrogens is 2. The van der Waals surface area contributed by atoms with Gasteiger partial charge in [-0.25, -0.2) is 14.2 Å². The number of nitrogens with one attached hydrogen (secondary N) is 2. The summed E-state index contributed by atoms with van der Waals surface area (Å²) in [4.78, 5) is 50.9.